The Bertz CT molecular complexity index is 691. The zero-order valence-electron chi connectivity index (χ0n) is 14.3. The van der Waals surface area contributed by atoms with Crippen molar-refractivity contribution in [1.82, 2.24) is 4.90 Å². The number of hydrogen-bond acceptors (Lipinski definition) is 3. The number of sulfone groups is 1. The minimum Gasteiger partial charge on any atom is -0.302 e. The van der Waals surface area contributed by atoms with Crippen molar-refractivity contribution in [2.75, 3.05) is 31.1 Å². The van der Waals surface area contributed by atoms with Gasteiger partial charge >= 0.3 is 6.18 Å². The van der Waals surface area contributed by atoms with E-state index in [4.69, 9.17) is 0 Å². The van der Waals surface area contributed by atoms with Gasteiger partial charge in [0.2, 0.25) is 0 Å². The summed E-state index contributed by atoms with van der Waals surface area (Å²) in [5, 5.41) is 0. The van der Waals surface area contributed by atoms with Crippen LogP contribution in [0.2, 0.25) is 0 Å². The van der Waals surface area contributed by atoms with Crippen molar-refractivity contribution in [3.8, 4) is 0 Å². The second kappa shape index (κ2) is 6.58. The highest BCUT2D eigenvalue weighted by Gasteiger charge is 2.46. The van der Waals surface area contributed by atoms with Gasteiger partial charge in [-0.05, 0) is 48.3 Å². The number of nitrogens with zero attached hydrogens (tertiary/aromatic N) is 1. The van der Waals surface area contributed by atoms with Crippen molar-refractivity contribution in [2.24, 2.45) is 11.3 Å². The first-order chi connectivity index (χ1) is 11.6. The second-order valence-electron chi connectivity index (χ2n) is 7.83. The molecule has 2 fully saturated rings. The van der Waals surface area contributed by atoms with E-state index in [1.165, 1.54) is 0 Å². The lowest BCUT2D eigenvalue weighted by Gasteiger charge is -2.53. The van der Waals surface area contributed by atoms with Crippen molar-refractivity contribution < 1.29 is 21.6 Å². The Kier molecular flexibility index (Phi) is 4.92. The van der Waals surface area contributed by atoms with Gasteiger partial charge in [0, 0.05) is 19.6 Å². The van der Waals surface area contributed by atoms with Crippen LogP contribution in [-0.2, 0) is 22.4 Å². The average Bonchev–Trinajstić information content (AvgIpc) is 2.47. The molecular weight excluding hydrogens is 351 g/mol. The summed E-state index contributed by atoms with van der Waals surface area (Å²) in [5.74, 6) is 0.964. The Morgan fingerprint density at radius 2 is 1.68 bits per heavy atom. The molecule has 0 aromatic heterocycles. The number of rotatable bonds is 4. The van der Waals surface area contributed by atoms with E-state index in [-0.39, 0.29) is 5.41 Å². The van der Waals surface area contributed by atoms with Crippen LogP contribution in [0.1, 0.15) is 30.9 Å². The molecule has 1 aromatic rings. The van der Waals surface area contributed by atoms with Crippen LogP contribution >= 0.6 is 0 Å². The third-order valence-electron chi connectivity index (χ3n) is 5.44. The van der Waals surface area contributed by atoms with Crippen LogP contribution < -0.4 is 0 Å². The minimum absolute atomic E-state index is 0.180. The van der Waals surface area contributed by atoms with Crippen molar-refractivity contribution >= 4 is 9.84 Å². The van der Waals surface area contributed by atoms with Crippen LogP contribution in [0, 0.1) is 11.3 Å². The lowest BCUT2D eigenvalue weighted by Crippen LogP contribution is -2.59. The average molecular weight is 375 g/mol. The standard InChI is InChI=1S/C18H24F3NO2S/c1-14(10-15-2-4-16(5-3-15)18(19,20)21)11-22-12-17(13-22)6-8-25(23,24)9-7-17/h2-5,14H,6-13H2,1H3. The summed E-state index contributed by atoms with van der Waals surface area (Å²) in [5.41, 5.74) is 0.486. The quantitative estimate of drug-likeness (QED) is 0.810. The zero-order valence-corrected chi connectivity index (χ0v) is 15.2. The molecule has 7 heteroatoms. The molecule has 3 nitrogen and oxygen atoms in total. The van der Waals surface area contributed by atoms with Gasteiger partial charge in [0.1, 0.15) is 9.84 Å². The monoisotopic (exact) mass is 375 g/mol. The summed E-state index contributed by atoms with van der Waals surface area (Å²) >= 11 is 0. The summed E-state index contributed by atoms with van der Waals surface area (Å²) < 4.78 is 60.8. The van der Waals surface area contributed by atoms with Crippen molar-refractivity contribution in [3.05, 3.63) is 35.4 Å². The summed E-state index contributed by atoms with van der Waals surface area (Å²) in [7, 11) is -2.82. The van der Waals surface area contributed by atoms with Gasteiger partial charge in [-0.25, -0.2) is 8.42 Å². The smallest absolute Gasteiger partial charge is 0.302 e. The second-order valence-corrected chi connectivity index (χ2v) is 10.1. The molecule has 2 heterocycles. The number of hydrogen-bond donors (Lipinski definition) is 0. The highest BCUT2D eigenvalue weighted by Crippen LogP contribution is 2.41. The fraction of sp³-hybridized carbons (Fsp3) is 0.667. The molecule has 1 unspecified atom stereocenters. The maximum Gasteiger partial charge on any atom is 0.416 e. The highest BCUT2D eigenvalue weighted by molar-refractivity contribution is 7.91. The molecule has 2 aliphatic rings. The molecule has 1 atom stereocenters. The van der Waals surface area contributed by atoms with E-state index in [2.05, 4.69) is 11.8 Å². The summed E-state index contributed by atoms with van der Waals surface area (Å²) in [6, 6.07) is 5.40. The van der Waals surface area contributed by atoms with Crippen LogP contribution in [0.15, 0.2) is 24.3 Å². The topological polar surface area (TPSA) is 37.4 Å². The minimum atomic E-state index is -4.29. The van der Waals surface area contributed by atoms with E-state index in [0.29, 0.717) is 17.4 Å². The van der Waals surface area contributed by atoms with E-state index in [1.54, 1.807) is 12.1 Å². The molecule has 2 saturated heterocycles. The van der Waals surface area contributed by atoms with E-state index >= 15 is 0 Å². The summed E-state index contributed by atoms with van der Waals surface area (Å²) in [4.78, 5) is 2.34. The molecular formula is C18H24F3NO2S. The first kappa shape index (κ1) is 18.7. The summed E-state index contributed by atoms with van der Waals surface area (Å²) in [6.45, 7) is 4.89. The maximum absolute atomic E-state index is 12.6. The van der Waals surface area contributed by atoms with Crippen LogP contribution in [0.25, 0.3) is 0 Å². The Labute approximate surface area is 147 Å². The summed E-state index contributed by atoms with van der Waals surface area (Å²) in [6.07, 6.45) is -2.02. The van der Waals surface area contributed by atoms with Crippen LogP contribution in [0.3, 0.4) is 0 Å². The predicted octanol–water partition coefficient (Wildman–Crippen LogP) is 3.39. The molecule has 2 aliphatic heterocycles. The predicted molar refractivity (Wildman–Crippen MR) is 91.1 cm³/mol. The maximum atomic E-state index is 12.6. The number of alkyl halides is 3. The van der Waals surface area contributed by atoms with Crippen LogP contribution in [-0.4, -0.2) is 44.5 Å². The lowest BCUT2D eigenvalue weighted by molar-refractivity contribution is -0.137. The largest absolute Gasteiger partial charge is 0.416 e. The fourth-order valence-electron chi connectivity index (χ4n) is 4.06. The van der Waals surface area contributed by atoms with Crippen molar-refractivity contribution in [3.63, 3.8) is 0 Å². The van der Waals surface area contributed by atoms with Gasteiger partial charge in [-0.15, -0.1) is 0 Å². The van der Waals surface area contributed by atoms with Gasteiger partial charge in [-0.3, -0.25) is 0 Å². The van der Waals surface area contributed by atoms with Gasteiger partial charge in [-0.2, -0.15) is 13.2 Å². The fourth-order valence-corrected chi connectivity index (χ4v) is 5.75. The molecule has 140 valence electrons. The van der Waals surface area contributed by atoms with E-state index in [1.807, 2.05) is 0 Å². The van der Waals surface area contributed by atoms with E-state index < -0.39 is 21.6 Å². The van der Waals surface area contributed by atoms with Gasteiger partial charge in [0.25, 0.3) is 0 Å². The Morgan fingerprint density at radius 3 is 2.20 bits per heavy atom. The normalized spacial score (nSPS) is 24.0. The molecule has 0 aliphatic carbocycles. The third-order valence-corrected chi connectivity index (χ3v) is 7.09. The Morgan fingerprint density at radius 1 is 1.12 bits per heavy atom. The molecule has 0 radical (unpaired) electrons. The first-order valence-corrected chi connectivity index (χ1v) is 10.5. The molecule has 25 heavy (non-hydrogen) atoms. The molecule has 0 bridgehead atoms. The first-order valence-electron chi connectivity index (χ1n) is 8.66. The molecule has 0 saturated carbocycles. The van der Waals surface area contributed by atoms with E-state index in [0.717, 1.165) is 56.6 Å². The molecule has 1 aromatic carbocycles. The SMILES string of the molecule is CC(Cc1ccc(C(F)(F)F)cc1)CN1CC2(CCS(=O)(=O)CC2)C1. The zero-order chi connectivity index (χ0) is 18.3. The van der Waals surface area contributed by atoms with Gasteiger partial charge in [-0.1, -0.05) is 19.1 Å². The molecule has 3 rings (SSSR count). The molecule has 0 N–H and O–H groups in total. The Hall–Kier alpha value is -1.08. The van der Waals surface area contributed by atoms with Crippen molar-refractivity contribution in [2.45, 2.75) is 32.4 Å². The van der Waals surface area contributed by atoms with Gasteiger partial charge in [0.15, 0.2) is 0 Å². The highest BCUT2D eigenvalue weighted by atomic mass is 32.2. The molecule has 1 spiro atoms. The van der Waals surface area contributed by atoms with Crippen LogP contribution in [0.4, 0.5) is 13.2 Å². The Balaban J connectivity index is 1.46. The van der Waals surface area contributed by atoms with Gasteiger partial charge in [0.05, 0.1) is 17.1 Å². The molecule has 0 amide bonds. The number of halogens is 3. The van der Waals surface area contributed by atoms with Crippen LogP contribution in [0.5, 0.6) is 0 Å². The van der Waals surface area contributed by atoms with Crippen molar-refractivity contribution in [1.29, 1.82) is 0 Å². The lowest BCUT2D eigenvalue weighted by atomic mass is 9.74. The van der Waals surface area contributed by atoms with E-state index in [9.17, 15) is 21.6 Å². The number of likely N-dealkylation sites (tertiary alicyclic amines) is 1. The van der Waals surface area contributed by atoms with Gasteiger partial charge < -0.3 is 4.90 Å². The third kappa shape index (κ3) is 4.56. The number of benzene rings is 1.